The maximum atomic E-state index is 3.84. The largest absolute Gasteiger partial charge is 0.313 e. The van der Waals surface area contributed by atoms with Crippen LogP contribution in [0.25, 0.3) is 0 Å². The highest BCUT2D eigenvalue weighted by molar-refractivity contribution is 5.27. The van der Waals surface area contributed by atoms with Gasteiger partial charge in [-0.3, -0.25) is 4.90 Å². The van der Waals surface area contributed by atoms with Crippen molar-refractivity contribution >= 4 is 0 Å². The zero-order valence-corrected chi connectivity index (χ0v) is 11.9. The van der Waals surface area contributed by atoms with Gasteiger partial charge in [0.2, 0.25) is 0 Å². The van der Waals surface area contributed by atoms with E-state index in [0.717, 1.165) is 26.2 Å². The molecule has 0 fully saturated rings. The van der Waals surface area contributed by atoms with E-state index in [-0.39, 0.29) is 0 Å². The first kappa shape index (κ1) is 14.9. The zero-order valence-electron chi connectivity index (χ0n) is 11.9. The molecule has 2 nitrogen and oxygen atoms in total. The molecule has 0 aromatic heterocycles. The highest BCUT2D eigenvalue weighted by Gasteiger charge is 2.10. The molecule has 0 heterocycles. The van der Waals surface area contributed by atoms with Gasteiger partial charge in [0.15, 0.2) is 0 Å². The summed E-state index contributed by atoms with van der Waals surface area (Å²) in [5.74, 6) is 0. The molecule has 0 radical (unpaired) electrons. The molecule has 2 heteroatoms. The quantitative estimate of drug-likeness (QED) is 0.709. The van der Waals surface area contributed by atoms with E-state index < -0.39 is 0 Å². The number of nitrogens with one attached hydrogen (secondary N) is 1. The third-order valence-corrected chi connectivity index (χ3v) is 3.15. The number of hydrogen-bond acceptors (Lipinski definition) is 2. The lowest BCUT2D eigenvalue weighted by Crippen LogP contribution is -2.31. The lowest BCUT2D eigenvalue weighted by atomic mass is 10.1. The second-order valence-electron chi connectivity index (χ2n) is 4.86. The molecule has 0 amide bonds. The standard InChI is InChI=1S/C16H26N2/c1-5-11-18(14(3)4)13-16-10-8-7-9-15(16)12-17-6-2/h5,7-10,14,17H,1,6,11-13H2,2-4H3. The van der Waals surface area contributed by atoms with Crippen LogP contribution in [0.5, 0.6) is 0 Å². The molecule has 0 saturated heterocycles. The van der Waals surface area contributed by atoms with Gasteiger partial charge < -0.3 is 5.32 Å². The van der Waals surface area contributed by atoms with Gasteiger partial charge in [-0.25, -0.2) is 0 Å². The van der Waals surface area contributed by atoms with Crippen molar-refractivity contribution in [2.24, 2.45) is 0 Å². The highest BCUT2D eigenvalue weighted by atomic mass is 15.1. The Morgan fingerprint density at radius 3 is 2.50 bits per heavy atom. The van der Waals surface area contributed by atoms with Crippen LogP contribution in [-0.2, 0) is 13.1 Å². The summed E-state index contributed by atoms with van der Waals surface area (Å²) in [5, 5.41) is 3.40. The lowest BCUT2D eigenvalue weighted by molar-refractivity contribution is 0.236. The van der Waals surface area contributed by atoms with E-state index in [1.165, 1.54) is 11.1 Å². The van der Waals surface area contributed by atoms with Gasteiger partial charge in [0.1, 0.15) is 0 Å². The van der Waals surface area contributed by atoms with Crippen molar-refractivity contribution in [3.05, 3.63) is 48.0 Å². The number of nitrogens with zero attached hydrogens (tertiary/aromatic N) is 1. The fourth-order valence-electron chi connectivity index (χ4n) is 1.99. The van der Waals surface area contributed by atoms with Crippen molar-refractivity contribution in [2.75, 3.05) is 13.1 Å². The van der Waals surface area contributed by atoms with E-state index in [1.807, 2.05) is 6.08 Å². The second kappa shape index (κ2) is 8.06. The van der Waals surface area contributed by atoms with Gasteiger partial charge in [0.25, 0.3) is 0 Å². The Hall–Kier alpha value is -1.12. The van der Waals surface area contributed by atoms with Crippen molar-refractivity contribution < 1.29 is 0 Å². The summed E-state index contributed by atoms with van der Waals surface area (Å²) in [6.45, 7) is 14.3. The van der Waals surface area contributed by atoms with E-state index in [1.54, 1.807) is 0 Å². The molecule has 1 aromatic carbocycles. The van der Waals surface area contributed by atoms with Gasteiger partial charge in [-0.15, -0.1) is 6.58 Å². The minimum absolute atomic E-state index is 0.537. The molecule has 100 valence electrons. The molecule has 0 aliphatic carbocycles. The highest BCUT2D eigenvalue weighted by Crippen LogP contribution is 2.13. The Balaban J connectivity index is 2.77. The van der Waals surface area contributed by atoms with Crippen molar-refractivity contribution in [1.82, 2.24) is 10.2 Å². The van der Waals surface area contributed by atoms with Crippen LogP contribution in [0.15, 0.2) is 36.9 Å². The van der Waals surface area contributed by atoms with Crippen LogP contribution < -0.4 is 5.32 Å². The van der Waals surface area contributed by atoms with Crippen molar-refractivity contribution in [1.29, 1.82) is 0 Å². The molecule has 0 spiro atoms. The smallest absolute Gasteiger partial charge is 0.0242 e. The van der Waals surface area contributed by atoms with Gasteiger partial charge in [-0.05, 0) is 31.5 Å². The Morgan fingerprint density at radius 1 is 1.28 bits per heavy atom. The number of hydrogen-bond donors (Lipinski definition) is 1. The molecule has 0 unspecified atom stereocenters. The van der Waals surface area contributed by atoms with E-state index in [4.69, 9.17) is 0 Å². The predicted octanol–water partition coefficient (Wildman–Crippen LogP) is 3.19. The van der Waals surface area contributed by atoms with Crippen molar-refractivity contribution in [2.45, 2.75) is 39.9 Å². The first-order valence-electron chi connectivity index (χ1n) is 6.81. The van der Waals surface area contributed by atoms with Crippen LogP contribution in [0.4, 0.5) is 0 Å². The number of benzene rings is 1. The minimum atomic E-state index is 0.537. The summed E-state index contributed by atoms with van der Waals surface area (Å²) in [5.41, 5.74) is 2.81. The normalized spacial score (nSPS) is 11.2. The molecular weight excluding hydrogens is 220 g/mol. The van der Waals surface area contributed by atoms with Crippen LogP contribution in [0.1, 0.15) is 31.9 Å². The SMILES string of the molecule is C=CCN(Cc1ccccc1CNCC)C(C)C. The maximum absolute atomic E-state index is 3.84. The first-order valence-corrected chi connectivity index (χ1v) is 6.81. The average molecular weight is 246 g/mol. The van der Waals surface area contributed by atoms with E-state index in [0.29, 0.717) is 6.04 Å². The molecule has 0 aliphatic heterocycles. The van der Waals surface area contributed by atoms with E-state index >= 15 is 0 Å². The van der Waals surface area contributed by atoms with E-state index in [2.05, 4.69) is 61.8 Å². The molecule has 0 bridgehead atoms. The van der Waals surface area contributed by atoms with Gasteiger partial charge in [-0.2, -0.15) is 0 Å². The van der Waals surface area contributed by atoms with Crippen LogP contribution in [0.3, 0.4) is 0 Å². The van der Waals surface area contributed by atoms with E-state index in [9.17, 15) is 0 Å². The Kier molecular flexibility index (Phi) is 6.69. The first-order chi connectivity index (χ1) is 8.69. The maximum Gasteiger partial charge on any atom is 0.0242 e. The number of rotatable bonds is 8. The van der Waals surface area contributed by atoms with Crippen molar-refractivity contribution in [3.8, 4) is 0 Å². The minimum Gasteiger partial charge on any atom is -0.313 e. The molecule has 1 rings (SSSR count). The third-order valence-electron chi connectivity index (χ3n) is 3.15. The summed E-state index contributed by atoms with van der Waals surface area (Å²) < 4.78 is 0. The fourth-order valence-corrected chi connectivity index (χ4v) is 1.99. The molecule has 18 heavy (non-hydrogen) atoms. The Labute approximate surface area is 112 Å². The molecule has 1 N–H and O–H groups in total. The van der Waals surface area contributed by atoms with Gasteiger partial charge in [-0.1, -0.05) is 37.3 Å². The Bertz CT molecular complexity index is 358. The molecule has 1 aromatic rings. The van der Waals surface area contributed by atoms with Gasteiger partial charge in [0.05, 0.1) is 0 Å². The molecular formula is C16H26N2. The van der Waals surface area contributed by atoms with Crippen LogP contribution in [0, 0.1) is 0 Å². The summed E-state index contributed by atoms with van der Waals surface area (Å²) in [6, 6.07) is 9.21. The average Bonchev–Trinajstić information content (AvgIpc) is 2.37. The topological polar surface area (TPSA) is 15.3 Å². The molecule has 0 saturated carbocycles. The second-order valence-corrected chi connectivity index (χ2v) is 4.86. The third kappa shape index (κ3) is 4.63. The van der Waals surface area contributed by atoms with Crippen LogP contribution in [0.2, 0.25) is 0 Å². The molecule has 0 aliphatic rings. The molecule has 0 atom stereocenters. The Morgan fingerprint density at radius 2 is 1.94 bits per heavy atom. The summed E-state index contributed by atoms with van der Waals surface area (Å²) >= 11 is 0. The monoisotopic (exact) mass is 246 g/mol. The van der Waals surface area contributed by atoms with Gasteiger partial charge in [0, 0.05) is 25.7 Å². The van der Waals surface area contributed by atoms with Crippen LogP contribution >= 0.6 is 0 Å². The lowest BCUT2D eigenvalue weighted by Gasteiger charge is -2.26. The summed E-state index contributed by atoms with van der Waals surface area (Å²) in [7, 11) is 0. The van der Waals surface area contributed by atoms with Crippen LogP contribution in [-0.4, -0.2) is 24.0 Å². The van der Waals surface area contributed by atoms with Gasteiger partial charge >= 0.3 is 0 Å². The zero-order chi connectivity index (χ0) is 13.4. The predicted molar refractivity (Wildman–Crippen MR) is 79.6 cm³/mol. The summed E-state index contributed by atoms with van der Waals surface area (Å²) in [6.07, 6.45) is 1.98. The summed E-state index contributed by atoms with van der Waals surface area (Å²) in [4.78, 5) is 2.43. The van der Waals surface area contributed by atoms with Crippen molar-refractivity contribution in [3.63, 3.8) is 0 Å². The fraction of sp³-hybridized carbons (Fsp3) is 0.500.